The second-order valence-corrected chi connectivity index (χ2v) is 7.29. The molecule has 0 radical (unpaired) electrons. The molecule has 0 fully saturated rings. The molecule has 0 bridgehead atoms. The number of rotatable bonds is 10. The molecule has 0 heterocycles. The van der Waals surface area contributed by atoms with Crippen LogP contribution in [-0.2, 0) is 9.59 Å². The normalized spacial score (nSPS) is 13.8. The standard InChI is InChI=1S/C23H31N3O3/c1-5-10-21(18-11-7-6-8-12-18)25-23(28)17(2)26(3)16-22(27)24-19-13-9-14-20(15-19)29-4/h6-9,11-15,17,21H,5,10,16H2,1-4H3,(H,24,27)(H,25,28)/p+1/t17-,21-/m0/s1. The van der Waals surface area contributed by atoms with E-state index in [4.69, 9.17) is 4.74 Å². The third-order valence-electron chi connectivity index (χ3n) is 5.02. The topological polar surface area (TPSA) is 71.9 Å². The number of benzene rings is 2. The lowest BCUT2D eigenvalue weighted by atomic mass is 10.0. The fraction of sp³-hybridized carbons (Fsp3) is 0.391. The zero-order valence-corrected chi connectivity index (χ0v) is 17.7. The molecular weight excluding hydrogens is 366 g/mol. The van der Waals surface area contributed by atoms with Gasteiger partial charge in [0.15, 0.2) is 12.6 Å². The molecule has 0 aliphatic carbocycles. The molecule has 3 N–H and O–H groups in total. The van der Waals surface area contributed by atoms with Gasteiger partial charge in [-0.15, -0.1) is 0 Å². The van der Waals surface area contributed by atoms with E-state index in [1.165, 1.54) is 0 Å². The number of ether oxygens (including phenoxy) is 1. The quantitative estimate of drug-likeness (QED) is 0.575. The molecule has 2 aromatic rings. The number of likely N-dealkylation sites (N-methyl/N-ethyl adjacent to an activating group) is 1. The highest BCUT2D eigenvalue weighted by Gasteiger charge is 2.26. The van der Waals surface area contributed by atoms with E-state index in [1.807, 2.05) is 56.4 Å². The van der Waals surface area contributed by atoms with Gasteiger partial charge in [0.2, 0.25) is 0 Å². The van der Waals surface area contributed by atoms with Gasteiger partial charge in [0, 0.05) is 11.8 Å². The van der Waals surface area contributed by atoms with E-state index in [2.05, 4.69) is 17.6 Å². The zero-order valence-electron chi connectivity index (χ0n) is 17.7. The van der Waals surface area contributed by atoms with E-state index in [-0.39, 0.29) is 30.4 Å². The van der Waals surface area contributed by atoms with Crippen LogP contribution in [0.15, 0.2) is 54.6 Å². The Hall–Kier alpha value is -2.86. The van der Waals surface area contributed by atoms with Crippen molar-refractivity contribution in [3.63, 3.8) is 0 Å². The molecule has 0 spiro atoms. The second kappa shape index (κ2) is 11.2. The lowest BCUT2D eigenvalue weighted by Gasteiger charge is -2.24. The van der Waals surface area contributed by atoms with Crippen molar-refractivity contribution in [2.24, 2.45) is 0 Å². The van der Waals surface area contributed by atoms with Gasteiger partial charge in [-0.2, -0.15) is 0 Å². The highest BCUT2D eigenvalue weighted by Crippen LogP contribution is 2.18. The summed E-state index contributed by atoms with van der Waals surface area (Å²) in [5, 5.41) is 6.00. The van der Waals surface area contributed by atoms with Crippen molar-refractivity contribution in [1.82, 2.24) is 5.32 Å². The van der Waals surface area contributed by atoms with Crippen LogP contribution in [0.1, 0.15) is 38.3 Å². The third kappa shape index (κ3) is 6.91. The minimum absolute atomic E-state index is 0.0189. The Morgan fingerprint density at radius 3 is 2.48 bits per heavy atom. The molecular formula is C23H32N3O3+. The SMILES string of the molecule is CCC[C@H](NC(=O)[C@H](C)[NH+](C)CC(=O)Nc1cccc(OC)c1)c1ccccc1. The second-order valence-electron chi connectivity index (χ2n) is 7.29. The first-order chi connectivity index (χ1) is 13.9. The number of hydrogen-bond donors (Lipinski definition) is 3. The molecule has 0 aromatic heterocycles. The summed E-state index contributed by atoms with van der Waals surface area (Å²) in [6.07, 6.45) is 1.84. The summed E-state index contributed by atoms with van der Waals surface area (Å²) in [5.74, 6) is 0.474. The maximum absolute atomic E-state index is 12.8. The van der Waals surface area contributed by atoms with Crippen LogP contribution in [-0.4, -0.2) is 38.6 Å². The molecule has 29 heavy (non-hydrogen) atoms. The fourth-order valence-electron chi connectivity index (χ4n) is 3.13. The molecule has 0 saturated carbocycles. The predicted octanol–water partition coefficient (Wildman–Crippen LogP) is 2.19. The lowest BCUT2D eigenvalue weighted by Crippen LogP contribution is -3.15. The highest BCUT2D eigenvalue weighted by atomic mass is 16.5. The fourth-order valence-corrected chi connectivity index (χ4v) is 3.13. The van der Waals surface area contributed by atoms with Gasteiger partial charge in [0.05, 0.1) is 20.2 Å². The Balaban J connectivity index is 1.92. The third-order valence-corrected chi connectivity index (χ3v) is 5.02. The van der Waals surface area contributed by atoms with Crippen LogP contribution in [0.3, 0.4) is 0 Å². The van der Waals surface area contributed by atoms with Gasteiger partial charge >= 0.3 is 0 Å². The van der Waals surface area contributed by atoms with Gasteiger partial charge in [-0.25, -0.2) is 0 Å². The summed E-state index contributed by atoms with van der Waals surface area (Å²) in [5.41, 5.74) is 1.77. The average Bonchev–Trinajstić information content (AvgIpc) is 2.73. The van der Waals surface area contributed by atoms with E-state index in [0.29, 0.717) is 11.4 Å². The van der Waals surface area contributed by atoms with Crippen LogP contribution in [0.4, 0.5) is 5.69 Å². The smallest absolute Gasteiger partial charge is 0.279 e. The Morgan fingerprint density at radius 1 is 1.10 bits per heavy atom. The number of methoxy groups -OCH3 is 1. The first-order valence-corrected chi connectivity index (χ1v) is 10.1. The van der Waals surface area contributed by atoms with E-state index in [0.717, 1.165) is 23.3 Å². The molecule has 1 unspecified atom stereocenters. The number of anilines is 1. The van der Waals surface area contributed by atoms with Crippen molar-refractivity contribution < 1.29 is 19.2 Å². The molecule has 6 heteroatoms. The summed E-state index contributed by atoms with van der Waals surface area (Å²) in [7, 11) is 3.44. The Labute approximate surface area is 173 Å². The molecule has 2 aromatic carbocycles. The Morgan fingerprint density at radius 2 is 1.83 bits per heavy atom. The van der Waals surface area contributed by atoms with Gasteiger partial charge in [-0.1, -0.05) is 49.7 Å². The first kappa shape index (κ1) is 22.4. The molecule has 3 atom stereocenters. The molecule has 2 rings (SSSR count). The molecule has 0 aliphatic rings. The number of amides is 2. The maximum Gasteiger partial charge on any atom is 0.279 e. The van der Waals surface area contributed by atoms with E-state index >= 15 is 0 Å². The summed E-state index contributed by atoms with van der Waals surface area (Å²) < 4.78 is 5.17. The van der Waals surface area contributed by atoms with E-state index < -0.39 is 0 Å². The van der Waals surface area contributed by atoms with Crippen LogP contribution in [0.2, 0.25) is 0 Å². The largest absolute Gasteiger partial charge is 0.497 e. The van der Waals surface area contributed by atoms with E-state index in [9.17, 15) is 9.59 Å². The van der Waals surface area contributed by atoms with Crippen molar-refractivity contribution >= 4 is 17.5 Å². The Bertz CT molecular complexity index is 795. The number of carbonyl (C=O) groups is 2. The molecule has 2 amide bonds. The molecule has 156 valence electrons. The maximum atomic E-state index is 12.8. The number of quaternary nitrogens is 1. The van der Waals surface area contributed by atoms with Crippen LogP contribution in [0, 0.1) is 0 Å². The predicted molar refractivity (Wildman–Crippen MR) is 115 cm³/mol. The molecule has 6 nitrogen and oxygen atoms in total. The van der Waals surface area contributed by atoms with Gasteiger partial charge in [-0.3, -0.25) is 9.59 Å². The Kier molecular flexibility index (Phi) is 8.68. The number of carbonyl (C=O) groups excluding carboxylic acids is 2. The van der Waals surface area contributed by atoms with Crippen LogP contribution in [0.25, 0.3) is 0 Å². The first-order valence-electron chi connectivity index (χ1n) is 10.1. The van der Waals surface area contributed by atoms with Crippen LogP contribution in [0.5, 0.6) is 5.75 Å². The monoisotopic (exact) mass is 398 g/mol. The summed E-state index contributed by atoms with van der Waals surface area (Å²) in [4.78, 5) is 26.0. The lowest BCUT2D eigenvalue weighted by molar-refractivity contribution is -0.885. The number of nitrogens with one attached hydrogen (secondary N) is 3. The van der Waals surface area contributed by atoms with Gasteiger partial charge in [0.1, 0.15) is 5.75 Å². The minimum atomic E-state index is -0.353. The summed E-state index contributed by atoms with van der Waals surface area (Å²) >= 11 is 0. The van der Waals surface area contributed by atoms with E-state index in [1.54, 1.807) is 19.2 Å². The van der Waals surface area contributed by atoms with Crippen LogP contribution >= 0.6 is 0 Å². The molecule has 0 saturated heterocycles. The van der Waals surface area contributed by atoms with Crippen LogP contribution < -0.4 is 20.3 Å². The highest BCUT2D eigenvalue weighted by molar-refractivity contribution is 5.91. The van der Waals surface area contributed by atoms with Crippen molar-refractivity contribution in [2.45, 2.75) is 38.8 Å². The van der Waals surface area contributed by atoms with Crippen molar-refractivity contribution in [3.05, 3.63) is 60.2 Å². The number of hydrogen-bond acceptors (Lipinski definition) is 3. The zero-order chi connectivity index (χ0) is 21.2. The van der Waals surface area contributed by atoms with Gasteiger partial charge in [0.25, 0.3) is 11.8 Å². The minimum Gasteiger partial charge on any atom is -0.497 e. The van der Waals surface area contributed by atoms with Gasteiger partial charge < -0.3 is 20.3 Å². The molecule has 0 aliphatic heterocycles. The summed E-state index contributed by atoms with van der Waals surface area (Å²) in [6.45, 7) is 4.14. The van der Waals surface area contributed by atoms with Gasteiger partial charge in [-0.05, 0) is 31.0 Å². The van der Waals surface area contributed by atoms with Crippen molar-refractivity contribution in [2.75, 3.05) is 26.0 Å². The average molecular weight is 399 g/mol. The van der Waals surface area contributed by atoms with Crippen molar-refractivity contribution in [3.8, 4) is 5.75 Å². The van der Waals surface area contributed by atoms with Crippen molar-refractivity contribution in [1.29, 1.82) is 0 Å². The summed E-state index contributed by atoms with van der Waals surface area (Å²) in [6, 6.07) is 16.8.